The van der Waals surface area contributed by atoms with Crippen molar-refractivity contribution in [3.63, 3.8) is 0 Å². The van der Waals surface area contributed by atoms with Crippen LogP contribution >= 0.6 is 24.0 Å². The number of amides is 1. The average Bonchev–Trinajstić information content (AvgIpc) is 2.97. The Bertz CT molecular complexity index is 908. The normalized spacial score (nSPS) is 15.0. The van der Waals surface area contributed by atoms with Crippen LogP contribution in [-0.4, -0.2) is 23.3 Å². The number of carbonyl (C=O) groups is 2. The summed E-state index contributed by atoms with van der Waals surface area (Å²) in [6.45, 7) is 0.281. The molecule has 5 nitrogen and oxygen atoms in total. The van der Waals surface area contributed by atoms with Crippen molar-refractivity contribution in [2.24, 2.45) is 0 Å². The van der Waals surface area contributed by atoms with E-state index < -0.39 is 5.97 Å². The van der Waals surface area contributed by atoms with Crippen LogP contribution < -0.4 is 10.1 Å². The van der Waals surface area contributed by atoms with Crippen LogP contribution in [0.25, 0.3) is 6.08 Å². The third kappa shape index (κ3) is 4.30. The molecular weight excluding hydrogens is 370 g/mol. The van der Waals surface area contributed by atoms with Gasteiger partial charge in [0, 0.05) is 0 Å². The van der Waals surface area contributed by atoms with Crippen LogP contribution in [0.15, 0.2) is 53.4 Å². The van der Waals surface area contributed by atoms with E-state index in [1.807, 2.05) is 24.3 Å². The number of benzene rings is 2. The molecule has 1 aliphatic heterocycles. The molecule has 1 N–H and O–H groups in total. The van der Waals surface area contributed by atoms with E-state index in [1.54, 1.807) is 30.3 Å². The van der Waals surface area contributed by atoms with Crippen molar-refractivity contribution >= 4 is 46.3 Å². The van der Waals surface area contributed by atoms with Crippen LogP contribution in [0.5, 0.6) is 5.75 Å². The van der Waals surface area contributed by atoms with Crippen molar-refractivity contribution in [3.8, 4) is 5.75 Å². The Hall–Kier alpha value is -2.64. The highest BCUT2D eigenvalue weighted by molar-refractivity contribution is 8.26. The van der Waals surface area contributed by atoms with Crippen LogP contribution in [0.3, 0.4) is 0 Å². The predicted molar refractivity (Wildman–Crippen MR) is 105 cm³/mol. The number of thiocarbonyl (C=S) groups is 1. The number of esters is 1. The van der Waals surface area contributed by atoms with E-state index in [2.05, 4.69) is 5.32 Å². The molecule has 0 spiro atoms. The number of hydrogen-bond acceptors (Lipinski definition) is 6. The summed E-state index contributed by atoms with van der Waals surface area (Å²) in [5, 5.41) is 2.59. The molecule has 0 atom stereocenters. The lowest BCUT2D eigenvalue weighted by Crippen LogP contribution is -2.17. The summed E-state index contributed by atoms with van der Waals surface area (Å²) in [7, 11) is 1.33. The maximum Gasteiger partial charge on any atom is 0.341 e. The van der Waals surface area contributed by atoms with E-state index in [4.69, 9.17) is 21.7 Å². The first-order valence-electron chi connectivity index (χ1n) is 7.71. The molecule has 0 aliphatic carbocycles. The first kappa shape index (κ1) is 18.2. The summed E-state index contributed by atoms with van der Waals surface area (Å²) in [5.74, 6) is -0.174. The lowest BCUT2D eigenvalue weighted by molar-refractivity contribution is -0.115. The van der Waals surface area contributed by atoms with Gasteiger partial charge in [0.25, 0.3) is 5.91 Å². The van der Waals surface area contributed by atoms with Crippen molar-refractivity contribution in [1.82, 2.24) is 5.32 Å². The minimum atomic E-state index is -0.445. The van der Waals surface area contributed by atoms with Crippen molar-refractivity contribution in [2.45, 2.75) is 6.61 Å². The number of para-hydroxylation sites is 1. The predicted octanol–water partition coefficient (Wildman–Crippen LogP) is 3.54. The summed E-state index contributed by atoms with van der Waals surface area (Å²) in [4.78, 5) is 24.1. The molecule has 1 fully saturated rings. The maximum atomic E-state index is 11.8. The van der Waals surface area contributed by atoms with Crippen LogP contribution in [0, 0.1) is 0 Å². The largest absolute Gasteiger partial charge is 0.488 e. The Morgan fingerprint density at radius 1 is 1.23 bits per heavy atom. The monoisotopic (exact) mass is 385 g/mol. The minimum absolute atomic E-state index is 0.186. The van der Waals surface area contributed by atoms with Gasteiger partial charge in [-0.2, -0.15) is 0 Å². The molecule has 1 heterocycles. The van der Waals surface area contributed by atoms with E-state index in [0.29, 0.717) is 20.5 Å². The van der Waals surface area contributed by atoms with Gasteiger partial charge >= 0.3 is 5.97 Å². The zero-order valence-electron chi connectivity index (χ0n) is 13.9. The van der Waals surface area contributed by atoms with Crippen LogP contribution in [-0.2, 0) is 16.1 Å². The molecule has 0 unspecified atom stereocenters. The lowest BCUT2D eigenvalue weighted by atomic mass is 10.1. The Balaban J connectivity index is 1.74. The summed E-state index contributed by atoms with van der Waals surface area (Å²) >= 11 is 6.23. The summed E-state index contributed by atoms with van der Waals surface area (Å²) in [6, 6.07) is 14.5. The number of thioether (sulfide) groups is 1. The summed E-state index contributed by atoms with van der Waals surface area (Å²) < 4.78 is 11.0. The number of rotatable bonds is 5. The van der Waals surface area contributed by atoms with Crippen molar-refractivity contribution in [1.29, 1.82) is 0 Å². The van der Waals surface area contributed by atoms with Crippen molar-refractivity contribution in [2.75, 3.05) is 7.11 Å². The SMILES string of the molecule is COC(=O)c1ccccc1OCc1cccc(C=C2SC(=S)NC2=O)c1. The van der Waals surface area contributed by atoms with Gasteiger partial charge in [0.05, 0.1) is 12.0 Å². The molecule has 132 valence electrons. The average molecular weight is 385 g/mol. The molecule has 0 aromatic heterocycles. The Morgan fingerprint density at radius 2 is 2.04 bits per heavy atom. The van der Waals surface area contributed by atoms with Gasteiger partial charge in [-0.05, 0) is 35.4 Å². The number of carbonyl (C=O) groups excluding carboxylic acids is 2. The second-order valence-electron chi connectivity index (χ2n) is 5.37. The molecule has 1 amide bonds. The molecule has 1 saturated heterocycles. The van der Waals surface area contributed by atoms with Gasteiger partial charge in [0.15, 0.2) is 0 Å². The molecule has 3 rings (SSSR count). The quantitative estimate of drug-likeness (QED) is 0.483. The van der Waals surface area contributed by atoms with Crippen LogP contribution in [0.2, 0.25) is 0 Å². The van der Waals surface area contributed by atoms with E-state index in [1.165, 1.54) is 18.9 Å². The highest BCUT2D eigenvalue weighted by Gasteiger charge is 2.21. The zero-order chi connectivity index (χ0) is 18.5. The Morgan fingerprint density at radius 3 is 2.77 bits per heavy atom. The highest BCUT2D eigenvalue weighted by Crippen LogP contribution is 2.26. The molecule has 0 saturated carbocycles. The van der Waals surface area contributed by atoms with E-state index in [9.17, 15) is 9.59 Å². The topological polar surface area (TPSA) is 64.6 Å². The van der Waals surface area contributed by atoms with Crippen molar-refractivity contribution in [3.05, 3.63) is 70.1 Å². The highest BCUT2D eigenvalue weighted by atomic mass is 32.2. The van der Waals surface area contributed by atoms with E-state index >= 15 is 0 Å². The fourth-order valence-electron chi connectivity index (χ4n) is 2.38. The number of ether oxygens (including phenoxy) is 2. The van der Waals surface area contributed by atoms with Gasteiger partial charge in [-0.25, -0.2) is 4.79 Å². The first-order chi connectivity index (χ1) is 12.6. The van der Waals surface area contributed by atoms with Gasteiger partial charge < -0.3 is 14.8 Å². The number of nitrogens with one attached hydrogen (secondary N) is 1. The zero-order valence-corrected chi connectivity index (χ0v) is 15.5. The molecular formula is C19H15NO4S2. The van der Waals surface area contributed by atoms with Gasteiger partial charge in [0.2, 0.25) is 0 Å². The summed E-state index contributed by atoms with van der Waals surface area (Å²) in [6.07, 6.45) is 1.78. The van der Waals surface area contributed by atoms with E-state index in [0.717, 1.165) is 11.1 Å². The second-order valence-corrected chi connectivity index (χ2v) is 7.09. The minimum Gasteiger partial charge on any atom is -0.488 e. The Labute approximate surface area is 160 Å². The fourth-order valence-corrected chi connectivity index (χ4v) is 3.42. The first-order valence-corrected chi connectivity index (χ1v) is 8.93. The van der Waals surface area contributed by atoms with Crippen LogP contribution in [0.4, 0.5) is 0 Å². The van der Waals surface area contributed by atoms with Gasteiger partial charge in [-0.1, -0.05) is 54.3 Å². The maximum absolute atomic E-state index is 11.8. The third-order valence-electron chi connectivity index (χ3n) is 3.58. The Kier molecular flexibility index (Phi) is 5.70. The summed E-state index contributed by atoms with van der Waals surface area (Å²) in [5.41, 5.74) is 2.15. The second kappa shape index (κ2) is 8.16. The fraction of sp³-hybridized carbons (Fsp3) is 0.105. The molecule has 1 aliphatic rings. The molecule has 7 heteroatoms. The van der Waals surface area contributed by atoms with Gasteiger partial charge in [-0.15, -0.1) is 0 Å². The molecule has 0 radical (unpaired) electrons. The molecule has 0 bridgehead atoms. The third-order valence-corrected chi connectivity index (χ3v) is 4.74. The molecule has 26 heavy (non-hydrogen) atoms. The lowest BCUT2D eigenvalue weighted by Gasteiger charge is -2.10. The standard InChI is InChI=1S/C19H15NO4S2/c1-23-18(22)14-7-2-3-8-15(14)24-11-13-6-4-5-12(9-13)10-16-17(21)20-19(25)26-16/h2-10H,11H2,1H3,(H,20,21,25). The van der Waals surface area contributed by atoms with Gasteiger partial charge in [0.1, 0.15) is 22.2 Å². The smallest absolute Gasteiger partial charge is 0.341 e. The van der Waals surface area contributed by atoms with Crippen molar-refractivity contribution < 1.29 is 19.1 Å². The molecule has 2 aromatic carbocycles. The molecule has 2 aromatic rings. The van der Waals surface area contributed by atoms with E-state index in [-0.39, 0.29) is 12.5 Å². The van der Waals surface area contributed by atoms with Crippen LogP contribution in [0.1, 0.15) is 21.5 Å². The number of hydrogen-bond donors (Lipinski definition) is 1. The van der Waals surface area contributed by atoms with Gasteiger partial charge in [-0.3, -0.25) is 4.79 Å². The number of methoxy groups -OCH3 is 1.